The molecule has 1 atom stereocenters. The Balaban J connectivity index is 3.55. The molecule has 0 heterocycles. The van der Waals surface area contributed by atoms with E-state index in [1.807, 2.05) is 20.8 Å². The Morgan fingerprint density at radius 3 is 2.50 bits per heavy atom. The van der Waals surface area contributed by atoms with Gasteiger partial charge in [-0.2, -0.15) is 0 Å². The smallest absolute Gasteiger partial charge is 0.234 e. The zero-order valence-electron chi connectivity index (χ0n) is 10.8. The normalized spacial score (nSPS) is 13.5. The van der Waals surface area contributed by atoms with Gasteiger partial charge in [0.05, 0.1) is 6.54 Å². The lowest BCUT2D eigenvalue weighted by atomic mass is 10.0. The molecule has 1 amide bonds. The van der Waals surface area contributed by atoms with Gasteiger partial charge < -0.3 is 10.6 Å². The van der Waals surface area contributed by atoms with E-state index < -0.39 is 10.8 Å². The largest absolute Gasteiger partial charge is 0.350 e. The van der Waals surface area contributed by atoms with Crippen molar-refractivity contribution in [2.24, 2.45) is 0 Å². The van der Waals surface area contributed by atoms with Crippen LogP contribution < -0.4 is 10.6 Å². The van der Waals surface area contributed by atoms with E-state index in [1.165, 1.54) is 0 Å². The van der Waals surface area contributed by atoms with Crippen LogP contribution in [0.2, 0.25) is 0 Å². The summed E-state index contributed by atoms with van der Waals surface area (Å²) in [5.74, 6) is 0.708. The Hall–Kier alpha value is -0.420. The molecule has 0 spiro atoms. The molecule has 0 fully saturated rings. The number of carbonyl (C=O) groups excluding carboxylic acids is 1. The van der Waals surface area contributed by atoms with Gasteiger partial charge in [-0.1, -0.05) is 6.92 Å². The zero-order valence-corrected chi connectivity index (χ0v) is 11.6. The molecule has 5 heteroatoms. The van der Waals surface area contributed by atoms with E-state index in [2.05, 4.69) is 10.6 Å². The molecule has 2 N–H and O–H groups in total. The van der Waals surface area contributed by atoms with Crippen LogP contribution in [-0.4, -0.2) is 40.8 Å². The lowest BCUT2D eigenvalue weighted by Gasteiger charge is -2.24. The van der Waals surface area contributed by atoms with Gasteiger partial charge in [0.15, 0.2) is 0 Å². The minimum absolute atomic E-state index is 0.0180. The topological polar surface area (TPSA) is 58.2 Å². The van der Waals surface area contributed by atoms with E-state index >= 15 is 0 Å². The van der Waals surface area contributed by atoms with Crippen LogP contribution in [0.4, 0.5) is 0 Å². The molecule has 16 heavy (non-hydrogen) atoms. The van der Waals surface area contributed by atoms with Gasteiger partial charge in [-0.15, -0.1) is 0 Å². The van der Waals surface area contributed by atoms with E-state index in [0.717, 1.165) is 19.4 Å². The minimum atomic E-state index is -0.738. The summed E-state index contributed by atoms with van der Waals surface area (Å²) >= 11 is 0. The number of amides is 1. The van der Waals surface area contributed by atoms with Gasteiger partial charge >= 0.3 is 0 Å². The van der Waals surface area contributed by atoms with E-state index in [-0.39, 0.29) is 11.4 Å². The predicted octanol–water partition coefficient (Wildman–Crippen LogP) is 0.649. The Bertz CT molecular complexity index is 242. The van der Waals surface area contributed by atoms with E-state index in [1.54, 1.807) is 6.26 Å². The first kappa shape index (κ1) is 15.6. The van der Waals surface area contributed by atoms with Crippen molar-refractivity contribution in [2.45, 2.75) is 39.2 Å². The fourth-order valence-electron chi connectivity index (χ4n) is 1.11. The first-order chi connectivity index (χ1) is 7.37. The second-order valence-electron chi connectivity index (χ2n) is 4.59. The third-order valence-corrected chi connectivity index (χ3v) is 3.30. The highest BCUT2D eigenvalue weighted by Crippen LogP contribution is 2.05. The van der Waals surface area contributed by atoms with Gasteiger partial charge in [0.2, 0.25) is 5.91 Å². The molecule has 0 aliphatic carbocycles. The molecule has 4 nitrogen and oxygen atoms in total. The van der Waals surface area contributed by atoms with Crippen molar-refractivity contribution in [3.8, 4) is 0 Å². The lowest BCUT2D eigenvalue weighted by Crippen LogP contribution is -2.46. The second-order valence-corrected chi connectivity index (χ2v) is 6.15. The summed E-state index contributed by atoms with van der Waals surface area (Å²) in [6, 6.07) is 0. The molecule has 0 radical (unpaired) electrons. The Kier molecular flexibility index (Phi) is 7.58. The van der Waals surface area contributed by atoms with Gasteiger partial charge in [0, 0.05) is 28.3 Å². The van der Waals surface area contributed by atoms with Crippen LogP contribution in [0, 0.1) is 0 Å². The number of hydrogen-bond donors (Lipinski definition) is 2. The first-order valence-corrected chi connectivity index (χ1v) is 7.42. The molecule has 96 valence electrons. The summed E-state index contributed by atoms with van der Waals surface area (Å²) in [7, 11) is -0.738. The Labute approximate surface area is 101 Å². The van der Waals surface area contributed by atoms with Crippen molar-refractivity contribution in [1.82, 2.24) is 10.6 Å². The first-order valence-electron chi connectivity index (χ1n) is 5.69. The maximum absolute atomic E-state index is 11.5. The molecule has 0 aromatic rings. The maximum atomic E-state index is 11.5. The van der Waals surface area contributed by atoms with E-state index in [9.17, 15) is 9.00 Å². The molecule has 0 rings (SSSR count). The summed E-state index contributed by atoms with van der Waals surface area (Å²) in [5, 5.41) is 5.98. The van der Waals surface area contributed by atoms with Crippen LogP contribution >= 0.6 is 0 Å². The molecule has 0 bridgehead atoms. The van der Waals surface area contributed by atoms with Crippen LogP contribution in [0.25, 0.3) is 0 Å². The summed E-state index contributed by atoms with van der Waals surface area (Å²) in [4.78, 5) is 11.5. The molecule has 0 aliphatic rings. The van der Waals surface area contributed by atoms with Crippen molar-refractivity contribution >= 4 is 16.7 Å². The van der Waals surface area contributed by atoms with Gasteiger partial charge in [-0.05, 0) is 33.2 Å². The monoisotopic (exact) mass is 248 g/mol. The molecule has 0 aromatic carbocycles. The molecular formula is C11H24N2O2S. The van der Waals surface area contributed by atoms with Crippen molar-refractivity contribution in [1.29, 1.82) is 0 Å². The average molecular weight is 248 g/mol. The number of rotatable bonds is 8. The van der Waals surface area contributed by atoms with Crippen molar-refractivity contribution < 1.29 is 9.00 Å². The third kappa shape index (κ3) is 8.85. The van der Waals surface area contributed by atoms with Crippen molar-refractivity contribution in [3.05, 3.63) is 0 Å². The lowest BCUT2D eigenvalue weighted by molar-refractivity contribution is -0.121. The zero-order chi connectivity index (χ0) is 12.6. The summed E-state index contributed by atoms with van der Waals surface area (Å²) in [5.41, 5.74) is -0.135. The average Bonchev–Trinajstić information content (AvgIpc) is 2.16. The minimum Gasteiger partial charge on any atom is -0.350 e. The number of carbonyl (C=O) groups is 1. The molecular weight excluding hydrogens is 224 g/mol. The molecule has 0 saturated heterocycles. The summed E-state index contributed by atoms with van der Waals surface area (Å²) in [6.07, 6.45) is 3.44. The van der Waals surface area contributed by atoms with Crippen LogP contribution in [0.5, 0.6) is 0 Å². The van der Waals surface area contributed by atoms with Crippen LogP contribution in [0.3, 0.4) is 0 Å². The summed E-state index contributed by atoms with van der Waals surface area (Å²) in [6.45, 7) is 7.12. The molecule has 0 aliphatic heterocycles. The number of nitrogens with one attached hydrogen (secondary N) is 2. The SMILES string of the molecule is CCC(C)(C)NC(=O)CNCCCS(C)=O. The maximum Gasteiger partial charge on any atom is 0.234 e. The quantitative estimate of drug-likeness (QED) is 0.620. The molecule has 0 aromatic heterocycles. The molecule has 0 saturated carbocycles. The van der Waals surface area contributed by atoms with Crippen LogP contribution in [0.1, 0.15) is 33.6 Å². The number of hydrogen-bond acceptors (Lipinski definition) is 3. The fourth-order valence-corrected chi connectivity index (χ4v) is 1.66. The van der Waals surface area contributed by atoms with Crippen molar-refractivity contribution in [3.63, 3.8) is 0 Å². The highest BCUT2D eigenvalue weighted by Gasteiger charge is 2.16. The van der Waals surface area contributed by atoms with Crippen molar-refractivity contribution in [2.75, 3.05) is 25.1 Å². The highest BCUT2D eigenvalue weighted by atomic mass is 32.2. The van der Waals surface area contributed by atoms with Crippen LogP contribution in [-0.2, 0) is 15.6 Å². The van der Waals surface area contributed by atoms with Crippen LogP contribution in [0.15, 0.2) is 0 Å². The fraction of sp³-hybridized carbons (Fsp3) is 0.909. The van der Waals surface area contributed by atoms with Gasteiger partial charge in [0.1, 0.15) is 0 Å². The van der Waals surface area contributed by atoms with Gasteiger partial charge in [0.25, 0.3) is 0 Å². The standard InChI is InChI=1S/C11H24N2O2S/c1-5-11(2,3)13-10(14)9-12-7-6-8-16(4)15/h12H,5-9H2,1-4H3,(H,13,14). The van der Waals surface area contributed by atoms with E-state index in [4.69, 9.17) is 0 Å². The molecule has 1 unspecified atom stereocenters. The predicted molar refractivity (Wildman–Crippen MR) is 68.9 cm³/mol. The van der Waals surface area contributed by atoms with E-state index in [0.29, 0.717) is 12.3 Å². The Morgan fingerprint density at radius 2 is 2.00 bits per heavy atom. The Morgan fingerprint density at radius 1 is 1.38 bits per heavy atom. The highest BCUT2D eigenvalue weighted by molar-refractivity contribution is 7.84. The van der Waals surface area contributed by atoms with Gasteiger partial charge in [-0.25, -0.2) is 0 Å². The second kappa shape index (κ2) is 7.79. The summed E-state index contributed by atoms with van der Waals surface area (Å²) < 4.78 is 10.8. The van der Waals surface area contributed by atoms with Gasteiger partial charge in [-0.3, -0.25) is 9.00 Å². The third-order valence-electron chi connectivity index (χ3n) is 2.43.